The van der Waals surface area contributed by atoms with E-state index in [0.717, 1.165) is 47.2 Å². The quantitative estimate of drug-likeness (QED) is 0.246. The molecule has 0 fully saturated rings. The largest absolute Gasteiger partial charge is 0.412 e. The summed E-state index contributed by atoms with van der Waals surface area (Å²) >= 11 is 0. The molecule has 0 spiro atoms. The van der Waals surface area contributed by atoms with Crippen LogP contribution < -0.4 is 20.1 Å². The Labute approximate surface area is 211 Å². The number of ether oxygens (including phenoxy) is 2. The van der Waals surface area contributed by atoms with Crippen LogP contribution in [0.5, 0.6) is 11.5 Å². The Hall–Kier alpha value is -4.06. The summed E-state index contributed by atoms with van der Waals surface area (Å²) in [7, 11) is 0. The smallest absolute Gasteiger partial charge is 0.410 e. The maximum absolute atomic E-state index is 12.7. The fourth-order valence-corrected chi connectivity index (χ4v) is 4.31. The third kappa shape index (κ3) is 5.77. The van der Waals surface area contributed by atoms with Crippen molar-refractivity contribution in [2.24, 2.45) is 0 Å². The van der Waals surface area contributed by atoms with Crippen LogP contribution in [0, 0.1) is 6.92 Å². The van der Waals surface area contributed by atoms with Crippen molar-refractivity contribution in [3.05, 3.63) is 79.7 Å². The standard InChI is InChI=1S/C30H31N2O4/c1-3-5-6-11-20-32-30(34)36-26-19-17-22-13-8-10-15-24(22)28(26)27-23-14-9-7-12-21(23)16-18-25(27)35-29(33)31-4-2/h7-10,12-19H,2-6,11,20H2,1H3,(H,31,33)(H,32,34). The molecule has 0 heterocycles. The minimum atomic E-state index is -0.603. The van der Waals surface area contributed by atoms with Gasteiger partial charge in [-0.3, -0.25) is 0 Å². The Morgan fingerprint density at radius 2 is 1.22 bits per heavy atom. The number of nitrogens with one attached hydrogen (secondary N) is 2. The van der Waals surface area contributed by atoms with E-state index in [0.29, 0.717) is 29.2 Å². The van der Waals surface area contributed by atoms with E-state index in [2.05, 4.69) is 24.5 Å². The molecule has 0 bridgehead atoms. The van der Waals surface area contributed by atoms with Gasteiger partial charge in [0, 0.05) is 24.2 Å². The molecule has 4 aromatic carbocycles. The first-order valence-electron chi connectivity index (χ1n) is 12.4. The van der Waals surface area contributed by atoms with Crippen LogP contribution in [-0.4, -0.2) is 25.3 Å². The minimum absolute atomic E-state index is 0.197. The van der Waals surface area contributed by atoms with Gasteiger partial charge in [-0.1, -0.05) is 86.8 Å². The topological polar surface area (TPSA) is 76.7 Å². The van der Waals surface area contributed by atoms with E-state index in [1.165, 1.54) is 0 Å². The third-order valence-corrected chi connectivity index (χ3v) is 6.01. The van der Waals surface area contributed by atoms with Crippen molar-refractivity contribution in [3.63, 3.8) is 0 Å². The van der Waals surface area contributed by atoms with Crippen molar-refractivity contribution in [1.29, 1.82) is 0 Å². The van der Waals surface area contributed by atoms with Crippen molar-refractivity contribution in [2.45, 2.75) is 32.6 Å². The molecule has 36 heavy (non-hydrogen) atoms. The maximum Gasteiger partial charge on any atom is 0.412 e. The van der Waals surface area contributed by atoms with Gasteiger partial charge in [0.25, 0.3) is 0 Å². The first-order valence-corrected chi connectivity index (χ1v) is 12.4. The van der Waals surface area contributed by atoms with Gasteiger partial charge in [-0.15, -0.1) is 0 Å². The van der Waals surface area contributed by atoms with E-state index in [-0.39, 0.29) is 6.54 Å². The van der Waals surface area contributed by atoms with Gasteiger partial charge in [0.15, 0.2) is 0 Å². The summed E-state index contributed by atoms with van der Waals surface area (Å²) in [6.45, 7) is 6.55. The van der Waals surface area contributed by atoms with Gasteiger partial charge in [0.05, 0.1) is 0 Å². The lowest BCUT2D eigenvalue weighted by Gasteiger charge is -2.18. The number of amides is 2. The Kier molecular flexibility index (Phi) is 8.40. The SMILES string of the molecule is [CH2]CNC(=O)Oc1ccc2ccccc2c1-c1c(OC(=O)NCCCCCC)ccc2ccccc12. The van der Waals surface area contributed by atoms with E-state index in [1.54, 1.807) is 12.1 Å². The third-order valence-electron chi connectivity index (χ3n) is 6.01. The molecule has 4 rings (SSSR count). The molecule has 4 aromatic rings. The summed E-state index contributed by atoms with van der Waals surface area (Å²) in [5, 5.41) is 9.12. The van der Waals surface area contributed by atoms with Crippen molar-refractivity contribution in [3.8, 4) is 22.6 Å². The highest BCUT2D eigenvalue weighted by Crippen LogP contribution is 2.45. The maximum atomic E-state index is 12.7. The zero-order valence-corrected chi connectivity index (χ0v) is 20.5. The van der Waals surface area contributed by atoms with E-state index < -0.39 is 12.2 Å². The fourth-order valence-electron chi connectivity index (χ4n) is 4.31. The lowest BCUT2D eigenvalue weighted by Crippen LogP contribution is -2.28. The second-order valence-electron chi connectivity index (χ2n) is 8.51. The number of carbonyl (C=O) groups is 2. The second-order valence-corrected chi connectivity index (χ2v) is 8.51. The lowest BCUT2D eigenvalue weighted by atomic mass is 9.92. The molecular formula is C30H31N2O4. The number of unbranched alkanes of at least 4 members (excludes halogenated alkanes) is 3. The molecular weight excluding hydrogens is 452 g/mol. The Morgan fingerprint density at radius 1 is 0.694 bits per heavy atom. The molecule has 1 radical (unpaired) electrons. The predicted molar refractivity (Wildman–Crippen MR) is 144 cm³/mol. The predicted octanol–water partition coefficient (Wildman–Crippen LogP) is 7.25. The number of fused-ring (bicyclic) bond motifs is 2. The van der Waals surface area contributed by atoms with Crippen LogP contribution >= 0.6 is 0 Å². The number of benzene rings is 4. The molecule has 0 unspecified atom stereocenters. The van der Waals surface area contributed by atoms with Gasteiger partial charge in [-0.2, -0.15) is 0 Å². The number of carbonyl (C=O) groups excluding carboxylic acids is 2. The molecule has 0 atom stereocenters. The summed E-state index contributed by atoms with van der Waals surface area (Å²) in [4.78, 5) is 25.1. The molecule has 0 aromatic heterocycles. The number of hydrogen-bond acceptors (Lipinski definition) is 4. The Morgan fingerprint density at radius 3 is 1.75 bits per heavy atom. The van der Waals surface area contributed by atoms with Crippen LogP contribution in [0.4, 0.5) is 9.59 Å². The first kappa shape index (κ1) is 25.0. The van der Waals surface area contributed by atoms with E-state index in [4.69, 9.17) is 9.47 Å². The molecule has 0 saturated carbocycles. The highest BCUT2D eigenvalue weighted by atomic mass is 16.6. The number of rotatable bonds is 9. The molecule has 6 nitrogen and oxygen atoms in total. The van der Waals surface area contributed by atoms with Crippen LogP contribution in [-0.2, 0) is 0 Å². The molecule has 2 amide bonds. The monoisotopic (exact) mass is 483 g/mol. The van der Waals surface area contributed by atoms with Crippen molar-refractivity contribution >= 4 is 33.7 Å². The zero-order chi connectivity index (χ0) is 25.3. The van der Waals surface area contributed by atoms with E-state index in [1.807, 2.05) is 60.7 Å². The van der Waals surface area contributed by atoms with Crippen LogP contribution in [0.1, 0.15) is 32.6 Å². The van der Waals surface area contributed by atoms with Crippen molar-refractivity contribution < 1.29 is 19.1 Å². The van der Waals surface area contributed by atoms with Gasteiger partial charge < -0.3 is 20.1 Å². The molecule has 0 aliphatic heterocycles. The molecule has 185 valence electrons. The van der Waals surface area contributed by atoms with E-state index in [9.17, 15) is 9.59 Å². The van der Waals surface area contributed by atoms with Gasteiger partial charge in [-0.05, 0) is 47.0 Å². The normalized spacial score (nSPS) is 10.8. The molecule has 0 aliphatic rings. The van der Waals surface area contributed by atoms with E-state index >= 15 is 0 Å². The van der Waals surface area contributed by atoms with Crippen LogP contribution in [0.2, 0.25) is 0 Å². The van der Waals surface area contributed by atoms with Gasteiger partial charge in [-0.25, -0.2) is 9.59 Å². The lowest BCUT2D eigenvalue weighted by molar-refractivity contribution is 0.199. The van der Waals surface area contributed by atoms with Crippen LogP contribution in [0.15, 0.2) is 72.8 Å². The summed E-state index contributed by atoms with van der Waals surface area (Å²) in [6, 6.07) is 23.1. The van der Waals surface area contributed by atoms with Gasteiger partial charge in [0.1, 0.15) is 11.5 Å². The summed E-state index contributed by atoms with van der Waals surface area (Å²) in [5.74, 6) is 0.749. The minimum Gasteiger partial charge on any atom is -0.410 e. The summed E-state index contributed by atoms with van der Waals surface area (Å²) < 4.78 is 11.6. The molecule has 2 N–H and O–H groups in total. The highest BCUT2D eigenvalue weighted by Gasteiger charge is 2.21. The molecule has 0 saturated heterocycles. The van der Waals surface area contributed by atoms with Crippen LogP contribution in [0.3, 0.4) is 0 Å². The van der Waals surface area contributed by atoms with Gasteiger partial charge in [0.2, 0.25) is 0 Å². The van der Waals surface area contributed by atoms with Crippen LogP contribution in [0.25, 0.3) is 32.7 Å². The summed E-state index contributed by atoms with van der Waals surface area (Å²) in [5.41, 5.74) is 1.36. The summed E-state index contributed by atoms with van der Waals surface area (Å²) in [6.07, 6.45) is 3.11. The molecule has 6 heteroatoms. The Bertz CT molecular complexity index is 1370. The number of hydrogen-bond donors (Lipinski definition) is 2. The Balaban J connectivity index is 1.82. The zero-order valence-electron chi connectivity index (χ0n) is 20.5. The average molecular weight is 484 g/mol. The molecule has 0 aliphatic carbocycles. The average Bonchev–Trinajstić information content (AvgIpc) is 2.89. The van der Waals surface area contributed by atoms with Crippen molar-refractivity contribution in [1.82, 2.24) is 10.6 Å². The highest BCUT2D eigenvalue weighted by molar-refractivity contribution is 6.10. The second kappa shape index (κ2) is 12.1. The van der Waals surface area contributed by atoms with Crippen molar-refractivity contribution in [2.75, 3.05) is 13.1 Å². The van der Waals surface area contributed by atoms with Gasteiger partial charge >= 0.3 is 12.2 Å². The fraction of sp³-hybridized carbons (Fsp3) is 0.233. The first-order chi connectivity index (χ1) is 17.6.